The van der Waals surface area contributed by atoms with Crippen LogP contribution in [-0.2, 0) is 11.3 Å². The lowest BCUT2D eigenvalue weighted by molar-refractivity contribution is -0.892. The number of anilines is 1. The zero-order chi connectivity index (χ0) is 18.6. The number of hydrogen-bond donors (Lipinski definition) is 2. The van der Waals surface area contributed by atoms with Crippen LogP contribution in [0.1, 0.15) is 5.56 Å². The van der Waals surface area contributed by atoms with E-state index in [1.165, 1.54) is 11.0 Å². The molecule has 0 aliphatic carbocycles. The molecule has 0 atom stereocenters. The topological polar surface area (TPSA) is 55.2 Å². The molecule has 7 heteroatoms. The fourth-order valence-electron chi connectivity index (χ4n) is 3.49. The second-order valence-electron chi connectivity index (χ2n) is 6.83. The zero-order valence-corrected chi connectivity index (χ0v) is 15.0. The summed E-state index contributed by atoms with van der Waals surface area (Å²) < 4.78 is 24.5. The molecule has 2 N–H and O–H groups in total. The van der Waals surface area contributed by atoms with E-state index in [9.17, 15) is 9.18 Å². The van der Waals surface area contributed by atoms with Gasteiger partial charge in [0.2, 0.25) is 6.79 Å². The Balaban J connectivity index is 1.23. The molecule has 142 valence electrons. The number of carbonyl (C=O) groups is 1. The van der Waals surface area contributed by atoms with Crippen molar-refractivity contribution in [3.8, 4) is 11.5 Å². The van der Waals surface area contributed by atoms with Crippen molar-refractivity contribution in [2.45, 2.75) is 6.54 Å². The fourth-order valence-corrected chi connectivity index (χ4v) is 3.49. The lowest BCUT2D eigenvalue weighted by atomic mass is 10.2. The van der Waals surface area contributed by atoms with Gasteiger partial charge in [0.25, 0.3) is 5.91 Å². The number of nitrogens with one attached hydrogen (secondary N) is 2. The van der Waals surface area contributed by atoms with Gasteiger partial charge in [0.15, 0.2) is 18.0 Å². The van der Waals surface area contributed by atoms with Crippen LogP contribution in [0.15, 0.2) is 42.5 Å². The molecule has 0 bridgehead atoms. The monoisotopic (exact) mass is 372 g/mol. The van der Waals surface area contributed by atoms with Crippen LogP contribution in [0.3, 0.4) is 0 Å². The van der Waals surface area contributed by atoms with Gasteiger partial charge in [0.05, 0.1) is 31.9 Å². The molecule has 0 radical (unpaired) electrons. The molecule has 0 aromatic heterocycles. The van der Waals surface area contributed by atoms with Crippen LogP contribution in [0.5, 0.6) is 11.5 Å². The normalized spacial score (nSPS) is 16.4. The molecule has 1 saturated heterocycles. The van der Waals surface area contributed by atoms with Gasteiger partial charge in [0.1, 0.15) is 5.82 Å². The number of carbonyl (C=O) groups excluding carboxylic acids is 1. The van der Waals surface area contributed by atoms with E-state index in [1.807, 2.05) is 29.2 Å². The molecule has 0 saturated carbocycles. The number of para-hydroxylation sites is 1. The van der Waals surface area contributed by atoms with Crippen LogP contribution in [0.25, 0.3) is 0 Å². The number of benzene rings is 2. The lowest BCUT2D eigenvalue weighted by Crippen LogP contribution is -3.15. The van der Waals surface area contributed by atoms with Crippen LogP contribution in [0.4, 0.5) is 10.1 Å². The van der Waals surface area contributed by atoms with E-state index in [2.05, 4.69) is 5.32 Å². The maximum absolute atomic E-state index is 13.9. The molecule has 0 spiro atoms. The summed E-state index contributed by atoms with van der Waals surface area (Å²) in [4.78, 5) is 15.5. The van der Waals surface area contributed by atoms with E-state index in [0.717, 1.165) is 43.2 Å². The number of fused-ring (bicyclic) bond motifs is 1. The molecule has 0 unspecified atom stereocenters. The molecule has 4 rings (SSSR count). The Hall–Kier alpha value is -2.80. The van der Waals surface area contributed by atoms with Crippen molar-refractivity contribution in [1.29, 1.82) is 0 Å². The molecular formula is C20H23FN3O3+. The second-order valence-corrected chi connectivity index (χ2v) is 6.83. The smallest absolute Gasteiger partial charge is 0.275 e. The van der Waals surface area contributed by atoms with Crippen molar-refractivity contribution in [3.05, 3.63) is 53.8 Å². The van der Waals surface area contributed by atoms with Gasteiger partial charge in [-0.2, -0.15) is 0 Å². The number of quaternary nitrogens is 1. The van der Waals surface area contributed by atoms with E-state index in [0.29, 0.717) is 18.8 Å². The molecule has 1 amide bonds. The number of piperazine rings is 1. The Morgan fingerprint density at radius 2 is 1.89 bits per heavy atom. The highest BCUT2D eigenvalue weighted by molar-refractivity contribution is 5.76. The van der Waals surface area contributed by atoms with E-state index in [1.54, 1.807) is 12.1 Å². The first-order valence-electron chi connectivity index (χ1n) is 9.17. The third-order valence-corrected chi connectivity index (χ3v) is 5.00. The van der Waals surface area contributed by atoms with Crippen LogP contribution in [0.2, 0.25) is 0 Å². The first kappa shape index (κ1) is 17.6. The molecule has 2 aromatic rings. The van der Waals surface area contributed by atoms with Gasteiger partial charge >= 0.3 is 0 Å². The fraction of sp³-hybridized carbons (Fsp3) is 0.350. The molecule has 2 heterocycles. The molecule has 2 aromatic carbocycles. The number of amides is 1. The average Bonchev–Trinajstić information content (AvgIpc) is 3.15. The van der Waals surface area contributed by atoms with E-state index in [4.69, 9.17) is 9.47 Å². The van der Waals surface area contributed by atoms with Crippen LogP contribution in [-0.4, -0.2) is 45.4 Å². The summed E-state index contributed by atoms with van der Waals surface area (Å²) >= 11 is 0. The van der Waals surface area contributed by atoms with Crippen molar-refractivity contribution in [2.24, 2.45) is 0 Å². The third kappa shape index (κ3) is 4.14. The number of hydrogen-bond acceptors (Lipinski definition) is 4. The maximum atomic E-state index is 13.9. The number of halogens is 1. The van der Waals surface area contributed by atoms with Gasteiger partial charge in [-0.3, -0.25) is 4.79 Å². The summed E-state index contributed by atoms with van der Waals surface area (Å²) in [7, 11) is 0. The van der Waals surface area contributed by atoms with Crippen molar-refractivity contribution in [2.75, 3.05) is 44.4 Å². The number of rotatable bonds is 5. The van der Waals surface area contributed by atoms with Crippen LogP contribution in [0, 0.1) is 5.82 Å². The molecule has 2 aliphatic heterocycles. The number of ether oxygens (including phenoxy) is 2. The lowest BCUT2D eigenvalue weighted by Gasteiger charge is -2.33. The summed E-state index contributed by atoms with van der Waals surface area (Å²) in [6.45, 7) is 4.24. The number of nitrogens with zero attached hydrogens (tertiary/aromatic N) is 1. The highest BCUT2D eigenvalue weighted by atomic mass is 19.1. The third-order valence-electron chi connectivity index (χ3n) is 5.00. The Bertz CT molecular complexity index is 822. The van der Waals surface area contributed by atoms with Crippen molar-refractivity contribution < 1.29 is 23.6 Å². The summed E-state index contributed by atoms with van der Waals surface area (Å²) in [5, 5.41) is 2.96. The summed E-state index contributed by atoms with van der Waals surface area (Å²) in [5.41, 5.74) is 1.62. The average molecular weight is 372 g/mol. The molecular weight excluding hydrogens is 349 g/mol. The minimum atomic E-state index is -0.192. The SMILES string of the molecule is O=C(C[NH+]1CCN(c2ccccc2F)CC1)NCc1ccc2c(c1)OCO2. The Morgan fingerprint density at radius 1 is 1.11 bits per heavy atom. The predicted molar refractivity (Wildman–Crippen MR) is 98.6 cm³/mol. The van der Waals surface area contributed by atoms with Crippen LogP contribution >= 0.6 is 0 Å². The first-order chi connectivity index (χ1) is 13.2. The Kier molecular flexibility index (Phi) is 5.11. The first-order valence-corrected chi connectivity index (χ1v) is 9.17. The predicted octanol–water partition coefficient (Wildman–Crippen LogP) is 0.576. The Morgan fingerprint density at radius 3 is 2.70 bits per heavy atom. The second kappa shape index (κ2) is 7.84. The minimum absolute atomic E-state index is 0.0157. The highest BCUT2D eigenvalue weighted by Crippen LogP contribution is 2.32. The molecule has 1 fully saturated rings. The van der Waals surface area contributed by atoms with E-state index in [-0.39, 0.29) is 18.5 Å². The standard InChI is InChI=1S/C20H22FN3O3/c21-16-3-1-2-4-17(16)24-9-7-23(8-10-24)13-20(25)22-12-15-5-6-18-19(11-15)27-14-26-18/h1-6,11H,7-10,12-14H2,(H,22,25)/p+1. The van der Waals surface area contributed by atoms with Gasteiger partial charge in [-0.05, 0) is 29.8 Å². The maximum Gasteiger partial charge on any atom is 0.275 e. The summed E-state index contributed by atoms with van der Waals surface area (Å²) in [6.07, 6.45) is 0. The van der Waals surface area contributed by atoms with Crippen LogP contribution < -0.4 is 24.6 Å². The van der Waals surface area contributed by atoms with Gasteiger partial charge in [-0.1, -0.05) is 18.2 Å². The Labute approximate surface area is 157 Å². The van der Waals surface area contributed by atoms with Gasteiger partial charge in [-0.15, -0.1) is 0 Å². The van der Waals surface area contributed by atoms with Crippen molar-refractivity contribution in [3.63, 3.8) is 0 Å². The van der Waals surface area contributed by atoms with Gasteiger partial charge in [-0.25, -0.2) is 4.39 Å². The summed E-state index contributed by atoms with van der Waals surface area (Å²) in [6, 6.07) is 12.5. The van der Waals surface area contributed by atoms with E-state index >= 15 is 0 Å². The zero-order valence-electron chi connectivity index (χ0n) is 15.0. The highest BCUT2D eigenvalue weighted by Gasteiger charge is 2.23. The molecule has 2 aliphatic rings. The van der Waals surface area contributed by atoms with Gasteiger partial charge in [0, 0.05) is 6.54 Å². The molecule has 27 heavy (non-hydrogen) atoms. The van der Waals surface area contributed by atoms with Crippen molar-refractivity contribution in [1.82, 2.24) is 5.32 Å². The quantitative estimate of drug-likeness (QED) is 0.806. The minimum Gasteiger partial charge on any atom is -0.454 e. The van der Waals surface area contributed by atoms with Gasteiger partial charge < -0.3 is 24.6 Å². The molecule has 6 nitrogen and oxygen atoms in total. The largest absolute Gasteiger partial charge is 0.454 e. The summed E-state index contributed by atoms with van der Waals surface area (Å²) in [5.74, 6) is 1.28. The van der Waals surface area contributed by atoms with Crippen molar-refractivity contribution >= 4 is 11.6 Å². The van der Waals surface area contributed by atoms with E-state index < -0.39 is 0 Å².